The van der Waals surface area contributed by atoms with Crippen LogP contribution in [-0.4, -0.2) is 23.8 Å². The Balaban J connectivity index is 1.87. The molecule has 0 aromatic heterocycles. The predicted octanol–water partition coefficient (Wildman–Crippen LogP) is 2.76. The van der Waals surface area contributed by atoms with E-state index in [9.17, 15) is 4.79 Å². The highest BCUT2D eigenvalue weighted by Crippen LogP contribution is 2.49. The highest BCUT2D eigenvalue weighted by Gasteiger charge is 2.61. The highest BCUT2D eigenvalue weighted by atomic mass is 16.6. The molecule has 4 atom stereocenters. The third kappa shape index (κ3) is 1.81. The molecule has 3 nitrogen and oxygen atoms in total. The minimum absolute atomic E-state index is 0.0671. The SMILES string of the molecule is C=C1C(=O)O[C@@H]2[C@@H]1CC/C(C)=C\CC[C@]1(C)O[C@H]21. The molecule has 2 saturated heterocycles. The molecule has 0 aromatic carbocycles. The number of carbonyl (C=O) groups excluding carboxylic acids is 1. The van der Waals surface area contributed by atoms with E-state index in [1.165, 1.54) is 5.57 Å². The van der Waals surface area contributed by atoms with Gasteiger partial charge in [-0.05, 0) is 39.5 Å². The summed E-state index contributed by atoms with van der Waals surface area (Å²) in [6, 6.07) is 0. The van der Waals surface area contributed by atoms with Crippen molar-refractivity contribution in [3.63, 3.8) is 0 Å². The number of hydrogen-bond acceptors (Lipinski definition) is 3. The summed E-state index contributed by atoms with van der Waals surface area (Å²) in [6.45, 7) is 8.17. The monoisotopic (exact) mass is 248 g/mol. The van der Waals surface area contributed by atoms with Crippen molar-refractivity contribution < 1.29 is 14.3 Å². The van der Waals surface area contributed by atoms with Gasteiger partial charge in [0, 0.05) is 11.5 Å². The minimum atomic E-state index is -0.233. The van der Waals surface area contributed by atoms with Crippen LogP contribution in [0.3, 0.4) is 0 Å². The maximum absolute atomic E-state index is 11.7. The summed E-state index contributed by atoms with van der Waals surface area (Å²) in [5, 5.41) is 0. The lowest BCUT2D eigenvalue weighted by Crippen LogP contribution is -2.28. The van der Waals surface area contributed by atoms with Gasteiger partial charge >= 0.3 is 5.97 Å². The first-order chi connectivity index (χ1) is 8.51. The van der Waals surface area contributed by atoms with Crippen LogP contribution < -0.4 is 0 Å². The van der Waals surface area contributed by atoms with E-state index >= 15 is 0 Å². The van der Waals surface area contributed by atoms with Crippen LogP contribution in [0.15, 0.2) is 23.8 Å². The first-order valence-electron chi connectivity index (χ1n) is 6.74. The van der Waals surface area contributed by atoms with Crippen molar-refractivity contribution in [1.82, 2.24) is 0 Å². The molecule has 2 fully saturated rings. The molecule has 0 N–H and O–H groups in total. The second-order valence-electron chi connectivity index (χ2n) is 5.98. The fourth-order valence-corrected chi connectivity index (χ4v) is 3.20. The van der Waals surface area contributed by atoms with Gasteiger partial charge in [0.1, 0.15) is 12.2 Å². The van der Waals surface area contributed by atoms with E-state index in [1.54, 1.807) is 0 Å². The summed E-state index contributed by atoms with van der Waals surface area (Å²) in [6.07, 6.45) is 6.25. The third-order valence-corrected chi connectivity index (χ3v) is 4.57. The number of esters is 1. The van der Waals surface area contributed by atoms with Gasteiger partial charge in [-0.2, -0.15) is 0 Å². The topological polar surface area (TPSA) is 38.8 Å². The van der Waals surface area contributed by atoms with E-state index in [1.807, 2.05) is 0 Å². The molecule has 2 heterocycles. The van der Waals surface area contributed by atoms with Crippen molar-refractivity contribution in [2.75, 3.05) is 0 Å². The Labute approximate surface area is 108 Å². The number of allylic oxidation sites excluding steroid dienone is 2. The Morgan fingerprint density at radius 3 is 3.06 bits per heavy atom. The fraction of sp³-hybridized carbons (Fsp3) is 0.667. The molecule has 1 aliphatic carbocycles. The average molecular weight is 248 g/mol. The van der Waals surface area contributed by atoms with Crippen molar-refractivity contribution in [3.8, 4) is 0 Å². The van der Waals surface area contributed by atoms with Crippen LogP contribution in [0.25, 0.3) is 0 Å². The highest BCUT2D eigenvalue weighted by molar-refractivity contribution is 5.91. The Kier molecular flexibility index (Phi) is 2.63. The van der Waals surface area contributed by atoms with E-state index in [0.717, 1.165) is 25.7 Å². The fourth-order valence-electron chi connectivity index (χ4n) is 3.20. The first kappa shape index (κ1) is 12.0. The van der Waals surface area contributed by atoms with Crippen LogP contribution in [0, 0.1) is 5.92 Å². The molecule has 3 rings (SSSR count). The molecule has 0 bridgehead atoms. The quantitative estimate of drug-likeness (QED) is 0.286. The normalized spacial score (nSPS) is 46.6. The summed E-state index contributed by atoms with van der Waals surface area (Å²) >= 11 is 0. The van der Waals surface area contributed by atoms with Crippen LogP contribution in [-0.2, 0) is 14.3 Å². The Morgan fingerprint density at radius 2 is 2.28 bits per heavy atom. The second kappa shape index (κ2) is 3.95. The molecular weight excluding hydrogens is 228 g/mol. The maximum Gasteiger partial charge on any atom is 0.334 e. The molecule has 0 saturated carbocycles. The van der Waals surface area contributed by atoms with Crippen molar-refractivity contribution in [2.24, 2.45) is 5.92 Å². The van der Waals surface area contributed by atoms with Crippen molar-refractivity contribution >= 4 is 5.97 Å². The van der Waals surface area contributed by atoms with Crippen LogP contribution >= 0.6 is 0 Å². The molecule has 3 aliphatic rings. The number of fused-ring (bicyclic) bond motifs is 3. The molecule has 0 unspecified atom stereocenters. The van der Waals surface area contributed by atoms with Gasteiger partial charge < -0.3 is 9.47 Å². The second-order valence-corrected chi connectivity index (χ2v) is 5.98. The Morgan fingerprint density at radius 1 is 1.50 bits per heavy atom. The van der Waals surface area contributed by atoms with E-state index in [2.05, 4.69) is 26.5 Å². The van der Waals surface area contributed by atoms with E-state index in [4.69, 9.17) is 9.47 Å². The summed E-state index contributed by atoms with van der Waals surface area (Å²) in [5.41, 5.74) is 1.91. The van der Waals surface area contributed by atoms with Crippen molar-refractivity contribution in [2.45, 2.75) is 57.3 Å². The first-order valence-corrected chi connectivity index (χ1v) is 6.74. The molecule has 98 valence electrons. The van der Waals surface area contributed by atoms with Crippen LogP contribution in [0.4, 0.5) is 0 Å². The summed E-state index contributed by atoms with van der Waals surface area (Å²) in [5.74, 6) is -0.102. The smallest absolute Gasteiger partial charge is 0.334 e. The lowest BCUT2D eigenvalue weighted by atomic mass is 9.84. The van der Waals surface area contributed by atoms with Gasteiger partial charge in [-0.25, -0.2) is 4.79 Å². The number of carbonyl (C=O) groups is 1. The van der Waals surface area contributed by atoms with E-state index < -0.39 is 0 Å². The zero-order valence-electron chi connectivity index (χ0n) is 11.1. The summed E-state index contributed by atoms with van der Waals surface area (Å²) in [4.78, 5) is 11.7. The number of epoxide rings is 1. The van der Waals surface area contributed by atoms with E-state index in [0.29, 0.717) is 5.57 Å². The lowest BCUT2D eigenvalue weighted by molar-refractivity contribution is -0.140. The average Bonchev–Trinajstić information content (AvgIpc) is 2.90. The van der Waals surface area contributed by atoms with Gasteiger partial charge in [0.25, 0.3) is 0 Å². The molecule has 3 heteroatoms. The van der Waals surface area contributed by atoms with Crippen molar-refractivity contribution in [1.29, 1.82) is 0 Å². The standard InChI is InChI=1S/C15H20O3/c1-9-5-4-8-15(3)13(18-15)12-11(7-6-9)10(2)14(16)17-12/h5,11-13H,2,4,6-8H2,1,3H3/b9-5-/t11-,12-,13-,15+/m1/s1. The summed E-state index contributed by atoms with van der Waals surface area (Å²) in [7, 11) is 0. The van der Waals surface area contributed by atoms with Crippen LogP contribution in [0.5, 0.6) is 0 Å². The Hall–Kier alpha value is -1.09. The van der Waals surface area contributed by atoms with Gasteiger partial charge in [0.05, 0.1) is 5.60 Å². The van der Waals surface area contributed by atoms with Crippen molar-refractivity contribution in [3.05, 3.63) is 23.8 Å². The van der Waals surface area contributed by atoms with Crippen LogP contribution in [0.1, 0.15) is 39.5 Å². The molecule has 0 aromatic rings. The zero-order valence-corrected chi connectivity index (χ0v) is 11.1. The number of ether oxygens (including phenoxy) is 2. The molecule has 0 spiro atoms. The molecule has 2 aliphatic heterocycles. The Bertz CT molecular complexity index is 437. The van der Waals surface area contributed by atoms with Gasteiger partial charge in [-0.15, -0.1) is 0 Å². The maximum atomic E-state index is 11.7. The number of hydrogen-bond donors (Lipinski definition) is 0. The number of rotatable bonds is 0. The molecule has 18 heavy (non-hydrogen) atoms. The molecule has 0 radical (unpaired) electrons. The van der Waals surface area contributed by atoms with Gasteiger partial charge in [0.15, 0.2) is 0 Å². The van der Waals surface area contributed by atoms with Gasteiger partial charge in [0.2, 0.25) is 0 Å². The third-order valence-electron chi connectivity index (χ3n) is 4.57. The minimum Gasteiger partial charge on any atom is -0.455 e. The van der Waals surface area contributed by atoms with Crippen LogP contribution in [0.2, 0.25) is 0 Å². The summed E-state index contributed by atoms with van der Waals surface area (Å²) < 4.78 is 11.3. The van der Waals surface area contributed by atoms with Gasteiger partial charge in [-0.1, -0.05) is 18.2 Å². The largest absolute Gasteiger partial charge is 0.455 e. The predicted molar refractivity (Wildman–Crippen MR) is 68.0 cm³/mol. The zero-order chi connectivity index (χ0) is 12.9. The molecular formula is C15H20O3. The van der Waals surface area contributed by atoms with E-state index in [-0.39, 0.29) is 29.7 Å². The molecule has 0 amide bonds. The lowest BCUT2D eigenvalue weighted by Gasteiger charge is -2.19. The van der Waals surface area contributed by atoms with Gasteiger partial charge in [-0.3, -0.25) is 0 Å².